The van der Waals surface area contributed by atoms with Crippen LogP contribution in [0.2, 0.25) is 0 Å². The fourth-order valence-electron chi connectivity index (χ4n) is 2.72. The van der Waals surface area contributed by atoms with Crippen LogP contribution in [0.1, 0.15) is 39.0 Å². The van der Waals surface area contributed by atoms with Crippen molar-refractivity contribution < 1.29 is 9.53 Å². The van der Waals surface area contributed by atoms with Gasteiger partial charge in [-0.3, -0.25) is 0 Å². The van der Waals surface area contributed by atoms with Gasteiger partial charge in [-0.1, -0.05) is 25.8 Å². The third-order valence-corrected chi connectivity index (χ3v) is 3.95. The summed E-state index contributed by atoms with van der Waals surface area (Å²) in [6.45, 7) is 6.05. The van der Waals surface area contributed by atoms with Crippen molar-refractivity contribution in [1.82, 2.24) is 15.6 Å². The minimum absolute atomic E-state index is 0.378. The van der Waals surface area contributed by atoms with Gasteiger partial charge < -0.3 is 4.74 Å². The number of carbonyl (C=O) groups excluding carboxylic acids is 1. The molecule has 1 heterocycles. The molecule has 0 spiro atoms. The Balaban J connectivity index is 1.98. The zero-order valence-electron chi connectivity index (χ0n) is 11.3. The highest BCUT2D eigenvalue weighted by atomic mass is 16.6. The van der Waals surface area contributed by atoms with Crippen LogP contribution in [0.25, 0.3) is 0 Å². The quantitative estimate of drug-likeness (QED) is 0.609. The van der Waals surface area contributed by atoms with E-state index < -0.39 is 5.72 Å². The van der Waals surface area contributed by atoms with Crippen LogP contribution in [0.15, 0.2) is 12.7 Å². The summed E-state index contributed by atoms with van der Waals surface area (Å²) in [4.78, 5) is 11.4. The zero-order valence-corrected chi connectivity index (χ0v) is 11.3. The van der Waals surface area contributed by atoms with E-state index in [1.807, 2.05) is 19.0 Å². The highest BCUT2D eigenvalue weighted by Gasteiger charge is 2.44. The smallest absolute Gasteiger partial charge is 0.331 e. The molecule has 0 aromatic heterocycles. The third kappa shape index (κ3) is 2.74. The summed E-state index contributed by atoms with van der Waals surface area (Å²) < 4.78 is 5.45. The molecular formula is C13H23N3O2. The minimum Gasteiger partial charge on any atom is -0.438 e. The third-order valence-electron chi connectivity index (χ3n) is 3.95. The van der Waals surface area contributed by atoms with Crippen molar-refractivity contribution in [3.8, 4) is 0 Å². The van der Waals surface area contributed by atoms with E-state index >= 15 is 0 Å². The van der Waals surface area contributed by atoms with E-state index in [1.165, 1.54) is 38.2 Å². The molecule has 1 saturated heterocycles. The van der Waals surface area contributed by atoms with Gasteiger partial charge in [-0.25, -0.2) is 9.80 Å². The van der Waals surface area contributed by atoms with Gasteiger partial charge in [0.25, 0.3) is 0 Å². The molecule has 2 rings (SSSR count). The van der Waals surface area contributed by atoms with Crippen LogP contribution >= 0.6 is 0 Å². The first-order valence-electron chi connectivity index (χ1n) is 6.67. The Morgan fingerprint density at radius 3 is 2.72 bits per heavy atom. The monoisotopic (exact) mass is 253 g/mol. The Labute approximate surface area is 109 Å². The molecule has 1 aliphatic carbocycles. The molecule has 102 valence electrons. The molecule has 1 unspecified atom stereocenters. The normalized spacial score (nSPS) is 31.4. The largest absolute Gasteiger partial charge is 0.438 e. The lowest BCUT2D eigenvalue weighted by molar-refractivity contribution is -0.167. The van der Waals surface area contributed by atoms with Crippen LogP contribution in [0.4, 0.5) is 0 Å². The second-order valence-corrected chi connectivity index (χ2v) is 5.38. The zero-order chi connectivity index (χ0) is 13.2. The maximum absolute atomic E-state index is 11.4. The van der Waals surface area contributed by atoms with Crippen molar-refractivity contribution in [1.29, 1.82) is 0 Å². The van der Waals surface area contributed by atoms with Crippen LogP contribution in [0, 0.1) is 0 Å². The maximum atomic E-state index is 11.4. The number of hydrazine groups is 2. The fraction of sp³-hybridized carbons (Fsp3) is 0.769. The summed E-state index contributed by atoms with van der Waals surface area (Å²) >= 11 is 0. The van der Waals surface area contributed by atoms with Crippen LogP contribution in [-0.2, 0) is 9.53 Å². The SMILES string of the molecule is C=CC(=O)OC1(C)CN(C2CCCCC2)NN1C. The fourth-order valence-corrected chi connectivity index (χ4v) is 2.72. The van der Waals surface area contributed by atoms with E-state index in [0.29, 0.717) is 12.6 Å². The number of nitrogens with one attached hydrogen (secondary N) is 1. The summed E-state index contributed by atoms with van der Waals surface area (Å²) in [6.07, 6.45) is 7.55. The average Bonchev–Trinajstić information content (AvgIpc) is 2.66. The number of rotatable bonds is 3. The first-order chi connectivity index (χ1) is 8.55. The van der Waals surface area contributed by atoms with E-state index in [9.17, 15) is 4.79 Å². The van der Waals surface area contributed by atoms with Crippen LogP contribution in [-0.4, -0.2) is 41.3 Å². The minimum atomic E-state index is -0.622. The molecule has 5 nitrogen and oxygen atoms in total. The molecular weight excluding hydrogens is 230 g/mol. The van der Waals surface area contributed by atoms with Gasteiger partial charge in [0.1, 0.15) is 0 Å². The van der Waals surface area contributed by atoms with Gasteiger partial charge in [-0.05, 0) is 19.8 Å². The Kier molecular flexibility index (Phi) is 4.04. The lowest BCUT2D eigenvalue weighted by atomic mass is 9.95. The highest BCUT2D eigenvalue weighted by Crippen LogP contribution is 2.28. The molecule has 0 aromatic carbocycles. The standard InChI is InChI=1S/C13H23N3O2/c1-4-12(17)18-13(2)10-16(14-15(13)3)11-8-6-5-7-9-11/h4,11,14H,1,5-10H2,2-3H3. The molecule has 1 aliphatic heterocycles. The molecule has 1 saturated carbocycles. The molecule has 2 aliphatic rings. The van der Waals surface area contributed by atoms with E-state index in [1.54, 1.807) is 0 Å². The van der Waals surface area contributed by atoms with E-state index in [4.69, 9.17) is 4.74 Å². The number of carbonyl (C=O) groups is 1. The van der Waals surface area contributed by atoms with Gasteiger partial charge in [0, 0.05) is 19.2 Å². The second-order valence-electron chi connectivity index (χ2n) is 5.38. The Morgan fingerprint density at radius 2 is 2.11 bits per heavy atom. The average molecular weight is 253 g/mol. The molecule has 0 aromatic rings. The van der Waals surface area contributed by atoms with Crippen molar-refractivity contribution in [3.63, 3.8) is 0 Å². The molecule has 2 fully saturated rings. The molecule has 0 radical (unpaired) electrons. The van der Waals surface area contributed by atoms with Crippen molar-refractivity contribution >= 4 is 5.97 Å². The van der Waals surface area contributed by atoms with Gasteiger partial charge >= 0.3 is 5.97 Å². The molecule has 5 heteroatoms. The number of likely N-dealkylation sites (N-methyl/N-ethyl adjacent to an activating group) is 1. The molecule has 0 bridgehead atoms. The second kappa shape index (κ2) is 5.38. The Hall–Kier alpha value is -0.910. The summed E-state index contributed by atoms with van der Waals surface area (Å²) in [7, 11) is 1.90. The summed E-state index contributed by atoms with van der Waals surface area (Å²) in [5.74, 6) is -0.378. The first kappa shape index (κ1) is 13.5. The molecule has 1 atom stereocenters. The van der Waals surface area contributed by atoms with Crippen LogP contribution in [0.5, 0.6) is 0 Å². The molecule has 18 heavy (non-hydrogen) atoms. The maximum Gasteiger partial charge on any atom is 0.331 e. The van der Waals surface area contributed by atoms with Crippen molar-refractivity contribution in [2.24, 2.45) is 0 Å². The van der Waals surface area contributed by atoms with Crippen molar-refractivity contribution in [2.45, 2.75) is 50.8 Å². The lowest BCUT2D eigenvalue weighted by Crippen LogP contribution is -2.48. The number of ether oxygens (including phenoxy) is 1. The molecule has 1 N–H and O–H groups in total. The van der Waals surface area contributed by atoms with E-state index in [2.05, 4.69) is 17.1 Å². The van der Waals surface area contributed by atoms with Gasteiger partial charge in [0.15, 0.2) is 5.72 Å². The Morgan fingerprint density at radius 1 is 1.44 bits per heavy atom. The summed E-state index contributed by atoms with van der Waals surface area (Å²) in [5.41, 5.74) is 2.68. The number of nitrogens with zero attached hydrogens (tertiary/aromatic N) is 2. The van der Waals surface area contributed by atoms with Crippen LogP contribution < -0.4 is 5.53 Å². The molecule has 0 amide bonds. The predicted molar refractivity (Wildman–Crippen MR) is 69.2 cm³/mol. The topological polar surface area (TPSA) is 44.8 Å². The summed E-state index contributed by atoms with van der Waals surface area (Å²) in [5, 5.41) is 4.07. The van der Waals surface area contributed by atoms with E-state index in [0.717, 1.165) is 0 Å². The van der Waals surface area contributed by atoms with Gasteiger partial charge in [0.2, 0.25) is 0 Å². The van der Waals surface area contributed by atoms with Gasteiger partial charge in [-0.15, -0.1) is 0 Å². The van der Waals surface area contributed by atoms with Gasteiger partial charge in [-0.2, -0.15) is 10.5 Å². The van der Waals surface area contributed by atoms with Crippen molar-refractivity contribution in [2.75, 3.05) is 13.6 Å². The van der Waals surface area contributed by atoms with Crippen molar-refractivity contribution in [3.05, 3.63) is 12.7 Å². The van der Waals surface area contributed by atoms with Gasteiger partial charge in [0.05, 0.1) is 6.54 Å². The predicted octanol–water partition coefficient (Wildman–Crippen LogP) is 1.43. The number of hydrogen-bond donors (Lipinski definition) is 1. The lowest BCUT2D eigenvalue weighted by Gasteiger charge is -2.30. The number of esters is 1. The first-order valence-corrected chi connectivity index (χ1v) is 6.67. The summed E-state index contributed by atoms with van der Waals surface area (Å²) in [6, 6.07) is 0.547. The number of hydrogen-bond acceptors (Lipinski definition) is 5. The Bertz CT molecular complexity index is 328. The van der Waals surface area contributed by atoms with E-state index in [-0.39, 0.29) is 5.97 Å². The van der Waals surface area contributed by atoms with Crippen LogP contribution in [0.3, 0.4) is 0 Å². The highest BCUT2D eigenvalue weighted by molar-refractivity contribution is 5.81.